The third-order valence-electron chi connectivity index (χ3n) is 3.68. The van der Waals surface area contributed by atoms with E-state index in [1.807, 2.05) is 11.8 Å². The molecule has 1 aliphatic heterocycles. The zero-order chi connectivity index (χ0) is 14.8. The molecule has 2 aromatic carbocycles. The molecule has 0 amide bonds. The predicted molar refractivity (Wildman–Crippen MR) is 83.5 cm³/mol. The Labute approximate surface area is 127 Å². The maximum absolute atomic E-state index is 11.0. The smallest absolute Gasteiger partial charge is 0.335 e. The van der Waals surface area contributed by atoms with E-state index in [4.69, 9.17) is 9.84 Å². The normalized spacial score (nSPS) is 16.5. The number of fused-ring (bicyclic) bond motifs is 1. The topological polar surface area (TPSA) is 46.5 Å². The van der Waals surface area contributed by atoms with Gasteiger partial charge in [0, 0.05) is 16.6 Å². The van der Waals surface area contributed by atoms with Crippen molar-refractivity contribution in [1.29, 1.82) is 0 Å². The van der Waals surface area contributed by atoms with E-state index < -0.39 is 5.97 Å². The second kappa shape index (κ2) is 5.82. The molecule has 21 heavy (non-hydrogen) atoms. The molecule has 0 aromatic heterocycles. The number of aryl methyl sites for hydroxylation is 1. The van der Waals surface area contributed by atoms with Gasteiger partial charge in [0.05, 0.1) is 12.2 Å². The van der Waals surface area contributed by atoms with E-state index in [0.29, 0.717) is 18.1 Å². The van der Waals surface area contributed by atoms with Gasteiger partial charge in [0.15, 0.2) is 0 Å². The molecule has 0 saturated heterocycles. The summed E-state index contributed by atoms with van der Waals surface area (Å²) in [4.78, 5) is 12.3. The van der Waals surface area contributed by atoms with Crippen molar-refractivity contribution < 1.29 is 14.6 Å². The van der Waals surface area contributed by atoms with E-state index >= 15 is 0 Å². The number of aromatic carboxylic acids is 1. The number of carbonyl (C=O) groups is 1. The molecule has 0 aliphatic carbocycles. The monoisotopic (exact) mass is 300 g/mol. The lowest BCUT2D eigenvalue weighted by Gasteiger charge is -2.13. The molecule has 0 radical (unpaired) electrons. The van der Waals surface area contributed by atoms with Crippen LogP contribution in [-0.4, -0.2) is 23.4 Å². The van der Waals surface area contributed by atoms with Crippen LogP contribution in [-0.2, 0) is 0 Å². The summed E-state index contributed by atoms with van der Waals surface area (Å²) in [5.41, 5.74) is 2.40. The Kier molecular flexibility index (Phi) is 3.88. The summed E-state index contributed by atoms with van der Waals surface area (Å²) in [5, 5.41) is 9.02. The Morgan fingerprint density at radius 3 is 2.90 bits per heavy atom. The van der Waals surface area contributed by atoms with Crippen LogP contribution in [0.3, 0.4) is 0 Å². The van der Waals surface area contributed by atoms with Crippen molar-refractivity contribution in [2.24, 2.45) is 0 Å². The van der Waals surface area contributed by atoms with Crippen LogP contribution in [0.4, 0.5) is 0 Å². The van der Waals surface area contributed by atoms with Crippen molar-refractivity contribution in [3.8, 4) is 5.75 Å². The van der Waals surface area contributed by atoms with Crippen LogP contribution in [0.1, 0.15) is 27.4 Å². The van der Waals surface area contributed by atoms with Gasteiger partial charge in [-0.25, -0.2) is 4.79 Å². The molecule has 4 heteroatoms. The average molecular weight is 300 g/mol. The van der Waals surface area contributed by atoms with Gasteiger partial charge >= 0.3 is 5.97 Å². The van der Waals surface area contributed by atoms with E-state index in [1.54, 1.807) is 25.1 Å². The van der Waals surface area contributed by atoms with Gasteiger partial charge in [-0.3, -0.25) is 0 Å². The van der Waals surface area contributed by atoms with Crippen molar-refractivity contribution in [3.63, 3.8) is 0 Å². The van der Waals surface area contributed by atoms with Crippen LogP contribution in [0, 0.1) is 6.92 Å². The highest BCUT2D eigenvalue weighted by molar-refractivity contribution is 7.99. The molecule has 0 bridgehead atoms. The molecule has 1 heterocycles. The molecule has 0 fully saturated rings. The first-order chi connectivity index (χ1) is 10.1. The minimum absolute atomic E-state index is 0.323. The third kappa shape index (κ3) is 2.90. The van der Waals surface area contributed by atoms with Gasteiger partial charge in [0.1, 0.15) is 5.75 Å². The lowest BCUT2D eigenvalue weighted by atomic mass is 10.0. The number of carboxylic acid groups (broad SMARTS) is 1. The fourth-order valence-corrected chi connectivity index (χ4v) is 3.76. The van der Waals surface area contributed by atoms with E-state index in [2.05, 4.69) is 24.3 Å². The molecule has 0 saturated carbocycles. The van der Waals surface area contributed by atoms with Crippen LogP contribution in [0.25, 0.3) is 0 Å². The lowest BCUT2D eigenvalue weighted by molar-refractivity contribution is 0.0696. The van der Waals surface area contributed by atoms with Gasteiger partial charge in [0.25, 0.3) is 0 Å². The molecule has 1 atom stereocenters. The van der Waals surface area contributed by atoms with Crippen molar-refractivity contribution in [2.45, 2.75) is 17.7 Å². The first kappa shape index (κ1) is 14.0. The SMILES string of the molecule is Cc1cc(OCC2CSc3ccccc32)ccc1C(=O)O. The van der Waals surface area contributed by atoms with Gasteiger partial charge in [0.2, 0.25) is 0 Å². The van der Waals surface area contributed by atoms with E-state index in [9.17, 15) is 4.79 Å². The maximum atomic E-state index is 11.0. The number of rotatable bonds is 4. The molecular formula is C17H16O3S. The van der Waals surface area contributed by atoms with Gasteiger partial charge in [-0.2, -0.15) is 0 Å². The first-order valence-electron chi connectivity index (χ1n) is 6.83. The fraction of sp³-hybridized carbons (Fsp3) is 0.235. The number of hydrogen-bond donors (Lipinski definition) is 1. The van der Waals surface area contributed by atoms with Crippen LogP contribution < -0.4 is 4.74 Å². The average Bonchev–Trinajstić information content (AvgIpc) is 2.88. The molecule has 3 rings (SSSR count). The quantitative estimate of drug-likeness (QED) is 0.928. The Balaban J connectivity index is 1.69. The molecule has 1 unspecified atom stereocenters. The predicted octanol–water partition coefficient (Wildman–Crippen LogP) is 3.96. The van der Waals surface area contributed by atoms with Crippen LogP contribution in [0.15, 0.2) is 47.4 Å². The van der Waals surface area contributed by atoms with Crippen molar-refractivity contribution in [2.75, 3.05) is 12.4 Å². The Bertz CT molecular complexity index is 681. The number of thioether (sulfide) groups is 1. The Morgan fingerprint density at radius 2 is 2.14 bits per heavy atom. The van der Waals surface area contributed by atoms with Gasteiger partial charge < -0.3 is 9.84 Å². The molecule has 1 N–H and O–H groups in total. The molecule has 3 nitrogen and oxygen atoms in total. The standard InChI is InChI=1S/C17H16O3S/c1-11-8-13(6-7-14(11)17(18)19)20-9-12-10-21-16-5-3-2-4-15(12)16/h2-8,12H,9-10H2,1H3,(H,18,19). The summed E-state index contributed by atoms with van der Waals surface area (Å²) >= 11 is 1.86. The van der Waals surface area contributed by atoms with Crippen LogP contribution in [0.5, 0.6) is 5.75 Å². The highest BCUT2D eigenvalue weighted by atomic mass is 32.2. The summed E-state index contributed by atoms with van der Waals surface area (Å²) in [6, 6.07) is 13.5. The Morgan fingerprint density at radius 1 is 1.33 bits per heavy atom. The zero-order valence-corrected chi connectivity index (χ0v) is 12.5. The van der Waals surface area contributed by atoms with Gasteiger partial charge in [-0.1, -0.05) is 18.2 Å². The molecule has 0 spiro atoms. The molecule has 1 aliphatic rings. The Hall–Kier alpha value is -1.94. The largest absolute Gasteiger partial charge is 0.493 e. The number of benzene rings is 2. The number of carboxylic acids is 1. The van der Waals surface area contributed by atoms with Gasteiger partial charge in [-0.05, 0) is 42.3 Å². The van der Waals surface area contributed by atoms with Gasteiger partial charge in [-0.15, -0.1) is 11.8 Å². The zero-order valence-electron chi connectivity index (χ0n) is 11.7. The molecular weight excluding hydrogens is 284 g/mol. The number of hydrogen-bond acceptors (Lipinski definition) is 3. The fourth-order valence-electron chi connectivity index (χ4n) is 2.53. The van der Waals surface area contributed by atoms with E-state index in [0.717, 1.165) is 17.1 Å². The minimum atomic E-state index is -0.903. The second-order valence-electron chi connectivity index (χ2n) is 5.14. The minimum Gasteiger partial charge on any atom is -0.493 e. The first-order valence-corrected chi connectivity index (χ1v) is 7.82. The maximum Gasteiger partial charge on any atom is 0.335 e. The summed E-state index contributed by atoms with van der Waals surface area (Å²) in [7, 11) is 0. The molecule has 2 aromatic rings. The summed E-state index contributed by atoms with van der Waals surface area (Å²) in [6.07, 6.45) is 0. The summed E-state index contributed by atoms with van der Waals surface area (Å²) < 4.78 is 5.86. The van der Waals surface area contributed by atoms with Crippen molar-refractivity contribution in [3.05, 3.63) is 59.2 Å². The van der Waals surface area contributed by atoms with E-state index in [1.165, 1.54) is 10.5 Å². The van der Waals surface area contributed by atoms with E-state index in [-0.39, 0.29) is 0 Å². The highest BCUT2D eigenvalue weighted by Crippen LogP contribution is 2.39. The van der Waals surface area contributed by atoms with Crippen molar-refractivity contribution >= 4 is 17.7 Å². The third-order valence-corrected chi connectivity index (χ3v) is 4.93. The van der Waals surface area contributed by atoms with Crippen molar-refractivity contribution in [1.82, 2.24) is 0 Å². The van der Waals surface area contributed by atoms with Crippen LogP contribution >= 0.6 is 11.8 Å². The number of ether oxygens (including phenoxy) is 1. The summed E-state index contributed by atoms with van der Waals surface area (Å²) in [6.45, 7) is 2.41. The summed E-state index contributed by atoms with van der Waals surface area (Å²) in [5.74, 6) is 1.25. The van der Waals surface area contributed by atoms with Crippen LogP contribution in [0.2, 0.25) is 0 Å². The molecule has 108 valence electrons. The lowest BCUT2D eigenvalue weighted by Crippen LogP contribution is -2.10. The highest BCUT2D eigenvalue weighted by Gasteiger charge is 2.23. The second-order valence-corrected chi connectivity index (χ2v) is 6.20.